The van der Waals surface area contributed by atoms with Crippen molar-refractivity contribution in [3.05, 3.63) is 45.6 Å². The monoisotopic (exact) mass is 301 g/mol. The molecular weight excluding hydrogens is 290 g/mol. The van der Waals surface area contributed by atoms with Crippen LogP contribution in [0.2, 0.25) is 4.34 Å². The van der Waals surface area contributed by atoms with Crippen LogP contribution in [0.4, 0.5) is 5.69 Å². The van der Waals surface area contributed by atoms with Crippen LogP contribution in [0.1, 0.15) is 4.88 Å². The van der Waals surface area contributed by atoms with Gasteiger partial charge in [-0.05, 0) is 30.3 Å². The highest BCUT2D eigenvalue weighted by Gasteiger charge is 2.07. The fraction of sp³-hybridized carbons (Fsp3) is 0.167. The van der Waals surface area contributed by atoms with Gasteiger partial charge >= 0.3 is 0 Å². The molecule has 0 amide bonds. The first-order valence-electron chi connectivity index (χ1n) is 5.23. The quantitative estimate of drug-likeness (QED) is 0.941. The van der Waals surface area contributed by atoms with E-state index in [0.717, 1.165) is 14.9 Å². The first-order chi connectivity index (χ1) is 8.45. The molecule has 1 aromatic heterocycles. The van der Waals surface area contributed by atoms with Crippen LogP contribution in [0.5, 0.6) is 0 Å². The molecule has 0 aliphatic carbocycles. The summed E-state index contributed by atoms with van der Waals surface area (Å²) in [5.74, 6) is 0. The Bertz CT molecular complexity index is 650. The lowest BCUT2D eigenvalue weighted by molar-refractivity contribution is 0.602. The van der Waals surface area contributed by atoms with Gasteiger partial charge in [-0.3, -0.25) is 0 Å². The number of sulfone groups is 1. The molecule has 18 heavy (non-hydrogen) atoms. The van der Waals surface area contributed by atoms with Gasteiger partial charge in [0.1, 0.15) is 0 Å². The van der Waals surface area contributed by atoms with Crippen LogP contribution in [0.3, 0.4) is 0 Å². The maximum atomic E-state index is 11.4. The SMILES string of the molecule is CS(=O)(=O)c1cccc(NCc2ccc(Cl)s2)c1. The third kappa shape index (κ3) is 3.48. The molecular formula is C12H12ClNO2S2. The molecule has 1 N–H and O–H groups in total. The van der Waals surface area contributed by atoms with Crippen molar-refractivity contribution < 1.29 is 8.42 Å². The van der Waals surface area contributed by atoms with Crippen LogP contribution in [-0.4, -0.2) is 14.7 Å². The van der Waals surface area contributed by atoms with Crippen molar-refractivity contribution in [3.8, 4) is 0 Å². The number of benzene rings is 1. The van der Waals surface area contributed by atoms with Crippen molar-refractivity contribution in [2.75, 3.05) is 11.6 Å². The molecule has 0 radical (unpaired) electrons. The molecule has 0 aliphatic rings. The molecule has 1 aromatic carbocycles. The first-order valence-corrected chi connectivity index (χ1v) is 8.32. The second-order valence-electron chi connectivity index (χ2n) is 3.86. The van der Waals surface area contributed by atoms with Crippen LogP contribution in [0, 0.1) is 0 Å². The van der Waals surface area contributed by atoms with E-state index >= 15 is 0 Å². The molecule has 2 aromatic rings. The summed E-state index contributed by atoms with van der Waals surface area (Å²) >= 11 is 7.34. The zero-order valence-electron chi connectivity index (χ0n) is 9.68. The lowest BCUT2D eigenvalue weighted by Crippen LogP contribution is -2.01. The van der Waals surface area contributed by atoms with Gasteiger partial charge in [-0.15, -0.1) is 11.3 Å². The van der Waals surface area contributed by atoms with Gasteiger partial charge in [-0.25, -0.2) is 8.42 Å². The summed E-state index contributed by atoms with van der Waals surface area (Å²) in [5.41, 5.74) is 0.780. The fourth-order valence-electron chi connectivity index (χ4n) is 1.47. The van der Waals surface area contributed by atoms with E-state index in [1.165, 1.54) is 17.6 Å². The number of hydrogen-bond acceptors (Lipinski definition) is 4. The lowest BCUT2D eigenvalue weighted by atomic mass is 10.3. The highest BCUT2D eigenvalue weighted by molar-refractivity contribution is 7.90. The predicted octanol–water partition coefficient (Wildman–Crippen LogP) is 3.42. The van der Waals surface area contributed by atoms with E-state index in [2.05, 4.69) is 5.32 Å². The van der Waals surface area contributed by atoms with E-state index in [0.29, 0.717) is 11.4 Å². The zero-order valence-corrected chi connectivity index (χ0v) is 12.1. The molecule has 0 spiro atoms. The minimum atomic E-state index is -3.16. The summed E-state index contributed by atoms with van der Waals surface area (Å²) in [6, 6.07) is 10.6. The summed E-state index contributed by atoms with van der Waals surface area (Å²) in [5, 5.41) is 3.17. The maximum absolute atomic E-state index is 11.4. The fourth-order valence-corrected chi connectivity index (χ4v) is 3.17. The van der Waals surface area contributed by atoms with Crippen LogP contribution < -0.4 is 5.32 Å². The highest BCUT2D eigenvalue weighted by atomic mass is 35.5. The number of nitrogens with one attached hydrogen (secondary N) is 1. The molecule has 3 nitrogen and oxygen atoms in total. The van der Waals surface area contributed by atoms with E-state index < -0.39 is 9.84 Å². The van der Waals surface area contributed by atoms with Gasteiger partial charge in [-0.1, -0.05) is 17.7 Å². The largest absolute Gasteiger partial charge is 0.380 e. The number of anilines is 1. The zero-order chi connectivity index (χ0) is 13.2. The molecule has 0 bridgehead atoms. The molecule has 0 saturated carbocycles. The Morgan fingerprint density at radius 3 is 2.67 bits per heavy atom. The van der Waals surface area contributed by atoms with Crippen molar-refractivity contribution in [1.29, 1.82) is 0 Å². The molecule has 96 valence electrons. The smallest absolute Gasteiger partial charge is 0.175 e. The molecule has 0 unspecified atom stereocenters. The Morgan fingerprint density at radius 2 is 2.06 bits per heavy atom. The summed E-state index contributed by atoms with van der Waals surface area (Å²) in [6.45, 7) is 0.630. The molecule has 1 heterocycles. The van der Waals surface area contributed by atoms with Crippen LogP contribution >= 0.6 is 22.9 Å². The van der Waals surface area contributed by atoms with Gasteiger partial charge in [0, 0.05) is 23.4 Å². The summed E-state index contributed by atoms with van der Waals surface area (Å²) in [4.78, 5) is 1.42. The average molecular weight is 302 g/mol. The van der Waals surface area contributed by atoms with Crippen molar-refractivity contribution >= 4 is 38.5 Å². The third-order valence-corrected chi connectivity index (χ3v) is 4.70. The summed E-state index contributed by atoms with van der Waals surface area (Å²) < 4.78 is 23.6. The molecule has 6 heteroatoms. The maximum Gasteiger partial charge on any atom is 0.175 e. The highest BCUT2D eigenvalue weighted by Crippen LogP contribution is 2.23. The Kier molecular flexibility index (Phi) is 3.94. The minimum Gasteiger partial charge on any atom is -0.380 e. The van der Waals surface area contributed by atoms with Crippen LogP contribution in [0.25, 0.3) is 0 Å². The van der Waals surface area contributed by atoms with E-state index in [9.17, 15) is 8.42 Å². The van der Waals surface area contributed by atoms with E-state index in [1.54, 1.807) is 18.2 Å². The van der Waals surface area contributed by atoms with Crippen molar-refractivity contribution in [1.82, 2.24) is 0 Å². The standard InChI is InChI=1S/C12H12ClNO2S2/c1-18(15,16)11-4-2-3-9(7-11)14-8-10-5-6-12(13)17-10/h2-7,14H,8H2,1H3. The molecule has 0 aliphatic heterocycles. The van der Waals surface area contributed by atoms with Crippen LogP contribution in [0.15, 0.2) is 41.3 Å². The average Bonchev–Trinajstić information content (AvgIpc) is 2.72. The second-order valence-corrected chi connectivity index (χ2v) is 7.67. The Labute approximate surface area is 115 Å². The number of thiophene rings is 1. The van der Waals surface area contributed by atoms with Gasteiger partial charge in [-0.2, -0.15) is 0 Å². The van der Waals surface area contributed by atoms with Crippen LogP contribution in [-0.2, 0) is 16.4 Å². The van der Waals surface area contributed by atoms with E-state index in [-0.39, 0.29) is 0 Å². The Balaban J connectivity index is 2.11. The number of rotatable bonds is 4. The lowest BCUT2D eigenvalue weighted by Gasteiger charge is -2.06. The van der Waals surface area contributed by atoms with E-state index in [1.807, 2.05) is 18.2 Å². The van der Waals surface area contributed by atoms with Gasteiger partial charge in [0.05, 0.1) is 9.23 Å². The van der Waals surface area contributed by atoms with Gasteiger partial charge in [0.25, 0.3) is 0 Å². The minimum absolute atomic E-state index is 0.316. The molecule has 2 rings (SSSR count). The van der Waals surface area contributed by atoms with Crippen molar-refractivity contribution in [2.45, 2.75) is 11.4 Å². The normalized spacial score (nSPS) is 11.4. The Morgan fingerprint density at radius 1 is 1.28 bits per heavy atom. The van der Waals surface area contributed by atoms with Crippen molar-refractivity contribution in [3.63, 3.8) is 0 Å². The molecule has 0 atom stereocenters. The van der Waals surface area contributed by atoms with Gasteiger partial charge < -0.3 is 5.32 Å². The van der Waals surface area contributed by atoms with Gasteiger partial charge in [0.15, 0.2) is 9.84 Å². The van der Waals surface area contributed by atoms with Crippen molar-refractivity contribution in [2.24, 2.45) is 0 Å². The number of hydrogen-bond donors (Lipinski definition) is 1. The van der Waals surface area contributed by atoms with Gasteiger partial charge in [0.2, 0.25) is 0 Å². The third-order valence-electron chi connectivity index (χ3n) is 2.36. The molecule has 0 saturated heterocycles. The predicted molar refractivity (Wildman–Crippen MR) is 76.2 cm³/mol. The Hall–Kier alpha value is -1.04. The summed E-state index contributed by atoms with van der Waals surface area (Å²) in [7, 11) is -3.16. The summed E-state index contributed by atoms with van der Waals surface area (Å²) in [6.07, 6.45) is 1.20. The molecule has 0 fully saturated rings. The number of halogens is 1. The first kappa shape index (κ1) is 13.4. The van der Waals surface area contributed by atoms with E-state index in [4.69, 9.17) is 11.6 Å². The second kappa shape index (κ2) is 5.30. The topological polar surface area (TPSA) is 46.2 Å².